The minimum absolute atomic E-state index is 0.196. The molecule has 0 aliphatic heterocycles. The zero-order valence-electron chi connectivity index (χ0n) is 20.1. The summed E-state index contributed by atoms with van der Waals surface area (Å²) in [5, 5.41) is 7.95. The third kappa shape index (κ3) is 7.35. The minimum atomic E-state index is 0.196. The molecule has 0 saturated heterocycles. The standard InChI is InChI=1S/C27H31N3O3S2/c1-31-19-33-25-17-21(27-30-24-5-3-4-6-26(24)35-27)9-12-23(25)29-14-13-28-15-16-34-18-20-7-10-22(32-2)11-8-20/h3-12,17,28-29H,13-16,18-19H2,1-2H3. The number of para-hydroxylation sites is 1. The number of nitrogens with zero attached hydrogens (tertiary/aromatic N) is 1. The first-order chi connectivity index (χ1) is 17.3. The van der Waals surface area contributed by atoms with Crippen molar-refractivity contribution < 1.29 is 14.2 Å². The van der Waals surface area contributed by atoms with Crippen molar-refractivity contribution in [2.24, 2.45) is 0 Å². The van der Waals surface area contributed by atoms with Gasteiger partial charge in [0.1, 0.15) is 16.5 Å². The molecule has 0 radical (unpaired) electrons. The average Bonchev–Trinajstić information content (AvgIpc) is 3.34. The quantitative estimate of drug-likeness (QED) is 0.162. The van der Waals surface area contributed by atoms with Crippen LogP contribution in [0.3, 0.4) is 0 Å². The van der Waals surface area contributed by atoms with Gasteiger partial charge >= 0.3 is 0 Å². The first kappa shape index (κ1) is 25.3. The van der Waals surface area contributed by atoms with Crippen LogP contribution in [-0.2, 0) is 10.5 Å². The number of nitrogens with one attached hydrogen (secondary N) is 2. The fourth-order valence-corrected chi connectivity index (χ4v) is 5.33. The molecule has 35 heavy (non-hydrogen) atoms. The van der Waals surface area contributed by atoms with Gasteiger partial charge in [-0.2, -0.15) is 11.8 Å². The molecule has 0 saturated carbocycles. The monoisotopic (exact) mass is 509 g/mol. The first-order valence-corrected chi connectivity index (χ1v) is 13.5. The number of ether oxygens (including phenoxy) is 3. The normalized spacial score (nSPS) is 11.0. The summed E-state index contributed by atoms with van der Waals surface area (Å²) in [4.78, 5) is 4.77. The van der Waals surface area contributed by atoms with E-state index in [0.717, 1.165) is 64.4 Å². The van der Waals surface area contributed by atoms with Crippen LogP contribution in [0.25, 0.3) is 20.8 Å². The Morgan fingerprint density at radius 3 is 2.60 bits per heavy atom. The summed E-state index contributed by atoms with van der Waals surface area (Å²) in [5.41, 5.74) is 4.31. The van der Waals surface area contributed by atoms with Crippen LogP contribution in [0.1, 0.15) is 5.56 Å². The summed E-state index contributed by atoms with van der Waals surface area (Å²) in [6, 6.07) is 22.6. The molecular formula is C27H31N3O3S2. The SMILES string of the molecule is COCOc1cc(-c2nc3ccccc3s2)ccc1NCCNCCSCc1ccc(OC)cc1. The highest BCUT2D eigenvalue weighted by molar-refractivity contribution is 7.98. The lowest BCUT2D eigenvalue weighted by Gasteiger charge is -2.14. The minimum Gasteiger partial charge on any atom is -0.497 e. The van der Waals surface area contributed by atoms with Gasteiger partial charge in [-0.15, -0.1) is 11.3 Å². The number of anilines is 1. The number of benzene rings is 3. The third-order valence-electron chi connectivity index (χ3n) is 5.32. The van der Waals surface area contributed by atoms with E-state index in [4.69, 9.17) is 19.2 Å². The lowest BCUT2D eigenvalue weighted by atomic mass is 10.2. The third-order valence-corrected chi connectivity index (χ3v) is 7.44. The summed E-state index contributed by atoms with van der Waals surface area (Å²) in [7, 11) is 3.32. The molecule has 1 heterocycles. The van der Waals surface area contributed by atoms with Gasteiger partial charge in [0.05, 0.1) is 23.0 Å². The van der Waals surface area contributed by atoms with Gasteiger partial charge in [-0.1, -0.05) is 24.3 Å². The molecule has 0 aliphatic rings. The molecule has 0 bridgehead atoms. The zero-order valence-corrected chi connectivity index (χ0v) is 21.7. The highest BCUT2D eigenvalue weighted by atomic mass is 32.2. The Labute approximate surface area is 215 Å². The van der Waals surface area contributed by atoms with Crippen molar-refractivity contribution >= 4 is 39.0 Å². The summed E-state index contributed by atoms with van der Waals surface area (Å²) in [6.07, 6.45) is 0. The number of fused-ring (bicyclic) bond motifs is 1. The van der Waals surface area contributed by atoms with Gasteiger partial charge in [-0.25, -0.2) is 4.98 Å². The molecular weight excluding hydrogens is 478 g/mol. The van der Waals surface area contributed by atoms with Gasteiger partial charge in [-0.3, -0.25) is 0 Å². The Balaban J connectivity index is 1.23. The van der Waals surface area contributed by atoms with Crippen LogP contribution in [0.4, 0.5) is 5.69 Å². The van der Waals surface area contributed by atoms with Crippen LogP contribution in [0, 0.1) is 0 Å². The van der Waals surface area contributed by atoms with E-state index < -0.39 is 0 Å². The van der Waals surface area contributed by atoms with Crippen LogP contribution in [-0.4, -0.2) is 51.4 Å². The molecule has 8 heteroatoms. The van der Waals surface area contributed by atoms with Gasteiger partial charge in [0.2, 0.25) is 0 Å². The number of thioether (sulfide) groups is 1. The second-order valence-electron chi connectivity index (χ2n) is 7.83. The average molecular weight is 510 g/mol. The molecule has 2 N–H and O–H groups in total. The molecule has 184 valence electrons. The molecule has 0 amide bonds. The van der Waals surface area contributed by atoms with Gasteiger partial charge in [-0.05, 0) is 48.0 Å². The molecule has 6 nitrogen and oxygen atoms in total. The van der Waals surface area contributed by atoms with Crippen molar-refractivity contribution in [3.05, 3.63) is 72.3 Å². The van der Waals surface area contributed by atoms with Crippen LogP contribution < -0.4 is 20.1 Å². The van der Waals surface area contributed by atoms with E-state index in [1.54, 1.807) is 25.6 Å². The van der Waals surface area contributed by atoms with Crippen molar-refractivity contribution in [3.63, 3.8) is 0 Å². The second-order valence-corrected chi connectivity index (χ2v) is 9.96. The van der Waals surface area contributed by atoms with Crippen molar-refractivity contribution in [3.8, 4) is 22.1 Å². The van der Waals surface area contributed by atoms with Crippen LogP contribution in [0.15, 0.2) is 66.7 Å². The van der Waals surface area contributed by atoms with Crippen molar-refractivity contribution in [2.75, 3.05) is 51.7 Å². The Morgan fingerprint density at radius 2 is 1.80 bits per heavy atom. The summed E-state index contributed by atoms with van der Waals surface area (Å²) >= 11 is 3.61. The molecule has 1 aromatic heterocycles. The summed E-state index contributed by atoms with van der Waals surface area (Å²) < 4.78 is 17.4. The fraction of sp³-hybridized carbons (Fsp3) is 0.296. The maximum atomic E-state index is 5.85. The number of thiazole rings is 1. The fourth-order valence-electron chi connectivity index (χ4n) is 3.51. The Kier molecular flexibility index (Phi) is 9.65. The summed E-state index contributed by atoms with van der Waals surface area (Å²) in [5.74, 6) is 3.73. The van der Waals surface area contributed by atoms with E-state index in [9.17, 15) is 0 Å². The van der Waals surface area contributed by atoms with Crippen LogP contribution in [0.2, 0.25) is 0 Å². The van der Waals surface area contributed by atoms with Gasteiger partial charge < -0.3 is 24.8 Å². The zero-order chi connectivity index (χ0) is 24.3. The van der Waals surface area contributed by atoms with Crippen molar-refractivity contribution in [2.45, 2.75) is 5.75 Å². The van der Waals surface area contributed by atoms with E-state index in [-0.39, 0.29) is 6.79 Å². The van der Waals surface area contributed by atoms with Crippen molar-refractivity contribution in [1.82, 2.24) is 10.3 Å². The van der Waals surface area contributed by atoms with Gasteiger partial charge in [0.25, 0.3) is 0 Å². The molecule has 4 aromatic rings. The van der Waals surface area contributed by atoms with Gasteiger partial charge in [0, 0.05) is 43.8 Å². The molecule has 4 rings (SSSR count). The molecule has 0 fully saturated rings. The predicted octanol–water partition coefficient (Wildman–Crippen LogP) is 5.89. The smallest absolute Gasteiger partial charge is 0.188 e. The highest BCUT2D eigenvalue weighted by Crippen LogP contribution is 2.35. The second kappa shape index (κ2) is 13.3. The molecule has 0 unspecified atom stereocenters. The maximum absolute atomic E-state index is 5.85. The lowest BCUT2D eigenvalue weighted by Crippen LogP contribution is -2.24. The molecule has 0 spiro atoms. The number of methoxy groups -OCH3 is 2. The van der Waals surface area contributed by atoms with Crippen molar-refractivity contribution in [1.29, 1.82) is 0 Å². The maximum Gasteiger partial charge on any atom is 0.188 e. The van der Waals surface area contributed by atoms with Crippen LogP contribution >= 0.6 is 23.1 Å². The number of rotatable bonds is 14. The van der Waals surface area contributed by atoms with E-state index in [2.05, 4.69) is 41.0 Å². The highest BCUT2D eigenvalue weighted by Gasteiger charge is 2.10. The first-order valence-electron chi connectivity index (χ1n) is 11.5. The Morgan fingerprint density at radius 1 is 0.943 bits per heavy atom. The largest absolute Gasteiger partial charge is 0.497 e. The van der Waals surface area contributed by atoms with Gasteiger partial charge in [0.15, 0.2) is 6.79 Å². The number of hydrogen-bond acceptors (Lipinski definition) is 8. The van der Waals surface area contributed by atoms with E-state index in [0.29, 0.717) is 0 Å². The topological polar surface area (TPSA) is 64.6 Å². The van der Waals surface area contributed by atoms with E-state index in [1.807, 2.05) is 48.2 Å². The lowest BCUT2D eigenvalue weighted by molar-refractivity contribution is 0.0516. The number of hydrogen-bond donors (Lipinski definition) is 2. The van der Waals surface area contributed by atoms with E-state index in [1.165, 1.54) is 10.3 Å². The van der Waals surface area contributed by atoms with Crippen LogP contribution in [0.5, 0.6) is 11.5 Å². The Bertz CT molecular complexity index is 1160. The predicted molar refractivity (Wildman–Crippen MR) is 148 cm³/mol. The molecule has 0 atom stereocenters. The molecule has 0 aliphatic carbocycles. The molecule has 3 aromatic carbocycles. The summed E-state index contributed by atoms with van der Waals surface area (Å²) in [6.45, 7) is 2.83. The number of aromatic nitrogens is 1. The Hall–Kier alpha value is -2.78. The van der Waals surface area contributed by atoms with E-state index >= 15 is 0 Å².